The third-order valence-electron chi connectivity index (χ3n) is 3.19. The van der Waals surface area contributed by atoms with Gasteiger partial charge in [0.25, 0.3) is 5.91 Å². The number of benzene rings is 1. The number of carbonyl (C=O) groups excluding carboxylic acids is 1. The van der Waals surface area contributed by atoms with E-state index >= 15 is 0 Å². The highest BCUT2D eigenvalue weighted by Gasteiger charge is 2.17. The van der Waals surface area contributed by atoms with E-state index in [1.54, 1.807) is 11.3 Å². The number of nitrogens with one attached hydrogen (secondary N) is 1. The molecule has 1 N–H and O–H groups in total. The maximum atomic E-state index is 12.2. The Balaban J connectivity index is 1.66. The molecule has 2 aromatic rings. The van der Waals surface area contributed by atoms with Crippen molar-refractivity contribution < 1.29 is 4.79 Å². The first kappa shape index (κ1) is 14.2. The van der Waals surface area contributed by atoms with Crippen LogP contribution in [0.4, 0.5) is 0 Å². The molecule has 104 valence electrons. The molecule has 1 aromatic carbocycles. The molecular formula is C15H14BrNOS2. The van der Waals surface area contributed by atoms with Crippen LogP contribution < -0.4 is 5.32 Å². The first-order chi connectivity index (χ1) is 9.72. The summed E-state index contributed by atoms with van der Waals surface area (Å²) < 4.78 is 1.04. The fourth-order valence-electron chi connectivity index (χ4n) is 2.18. The van der Waals surface area contributed by atoms with Crippen molar-refractivity contribution in [1.29, 1.82) is 0 Å². The molecule has 2 nitrogen and oxygen atoms in total. The van der Waals surface area contributed by atoms with Crippen LogP contribution in [0, 0.1) is 0 Å². The highest BCUT2D eigenvalue weighted by Crippen LogP contribution is 2.31. The Morgan fingerprint density at radius 2 is 2.25 bits per heavy atom. The van der Waals surface area contributed by atoms with Gasteiger partial charge in [0.2, 0.25) is 0 Å². The maximum absolute atomic E-state index is 12.2. The molecule has 2 heterocycles. The standard InChI is InChI=1S/C15H14BrNOS2/c16-12-3-1-2-10(6-12)8-17-15(18)14-7-11-9-19-5-4-13(11)20-14/h1-3,6-7H,4-5,8-9H2,(H,17,18). The van der Waals surface area contributed by atoms with Gasteiger partial charge >= 0.3 is 0 Å². The molecule has 0 bridgehead atoms. The molecule has 3 rings (SSSR count). The van der Waals surface area contributed by atoms with Crippen molar-refractivity contribution in [3.8, 4) is 0 Å². The molecule has 1 amide bonds. The normalized spacial score (nSPS) is 13.8. The summed E-state index contributed by atoms with van der Waals surface area (Å²) in [5, 5.41) is 3.00. The Morgan fingerprint density at radius 1 is 1.35 bits per heavy atom. The van der Waals surface area contributed by atoms with E-state index in [0.29, 0.717) is 6.54 Å². The molecule has 0 saturated heterocycles. The van der Waals surface area contributed by atoms with Crippen molar-refractivity contribution in [3.05, 3.63) is 55.7 Å². The van der Waals surface area contributed by atoms with Crippen LogP contribution in [0.15, 0.2) is 34.8 Å². The summed E-state index contributed by atoms with van der Waals surface area (Å²) in [6.07, 6.45) is 1.10. The lowest BCUT2D eigenvalue weighted by Crippen LogP contribution is -2.21. The summed E-state index contributed by atoms with van der Waals surface area (Å²) in [7, 11) is 0. The van der Waals surface area contributed by atoms with Gasteiger partial charge in [-0.1, -0.05) is 28.1 Å². The minimum Gasteiger partial charge on any atom is -0.347 e. The number of hydrogen-bond donors (Lipinski definition) is 1. The zero-order valence-electron chi connectivity index (χ0n) is 10.8. The summed E-state index contributed by atoms with van der Waals surface area (Å²) in [4.78, 5) is 14.4. The van der Waals surface area contributed by atoms with Gasteiger partial charge in [-0.25, -0.2) is 0 Å². The third kappa shape index (κ3) is 3.27. The first-order valence-corrected chi connectivity index (χ1v) is 9.21. The van der Waals surface area contributed by atoms with Gasteiger partial charge in [0.15, 0.2) is 0 Å². The molecule has 0 spiro atoms. The average Bonchev–Trinajstić information content (AvgIpc) is 2.89. The number of carbonyl (C=O) groups is 1. The fraction of sp³-hybridized carbons (Fsp3) is 0.267. The lowest BCUT2D eigenvalue weighted by atomic mass is 10.2. The average molecular weight is 368 g/mol. The quantitative estimate of drug-likeness (QED) is 0.879. The summed E-state index contributed by atoms with van der Waals surface area (Å²) >= 11 is 7.03. The summed E-state index contributed by atoms with van der Waals surface area (Å²) in [5.41, 5.74) is 2.45. The summed E-state index contributed by atoms with van der Waals surface area (Å²) in [6.45, 7) is 0.565. The van der Waals surface area contributed by atoms with E-state index in [9.17, 15) is 4.79 Å². The second-order valence-electron chi connectivity index (χ2n) is 4.67. The molecule has 20 heavy (non-hydrogen) atoms. The Bertz CT molecular complexity index is 615. The Kier molecular flexibility index (Phi) is 4.48. The van der Waals surface area contributed by atoms with Gasteiger partial charge in [0.05, 0.1) is 4.88 Å². The van der Waals surface area contributed by atoms with E-state index in [4.69, 9.17) is 0 Å². The predicted molar refractivity (Wildman–Crippen MR) is 89.5 cm³/mol. The topological polar surface area (TPSA) is 29.1 Å². The number of amides is 1. The zero-order valence-corrected chi connectivity index (χ0v) is 14.0. The lowest BCUT2D eigenvalue weighted by Gasteiger charge is -2.08. The number of rotatable bonds is 3. The van der Waals surface area contributed by atoms with Crippen molar-refractivity contribution in [2.24, 2.45) is 0 Å². The van der Waals surface area contributed by atoms with Crippen LogP contribution in [0.2, 0.25) is 0 Å². The van der Waals surface area contributed by atoms with Crippen molar-refractivity contribution >= 4 is 44.9 Å². The van der Waals surface area contributed by atoms with Gasteiger partial charge in [-0.15, -0.1) is 11.3 Å². The van der Waals surface area contributed by atoms with Crippen molar-refractivity contribution in [2.75, 3.05) is 5.75 Å². The third-order valence-corrected chi connectivity index (χ3v) is 5.93. The highest BCUT2D eigenvalue weighted by molar-refractivity contribution is 9.10. The van der Waals surface area contributed by atoms with Crippen LogP contribution in [0.25, 0.3) is 0 Å². The first-order valence-electron chi connectivity index (χ1n) is 6.44. The van der Waals surface area contributed by atoms with Crippen LogP contribution in [-0.4, -0.2) is 11.7 Å². The van der Waals surface area contributed by atoms with E-state index in [1.165, 1.54) is 16.2 Å². The summed E-state index contributed by atoms with van der Waals surface area (Å²) in [6, 6.07) is 10.1. The molecule has 0 saturated carbocycles. The summed E-state index contributed by atoms with van der Waals surface area (Å²) in [5.74, 6) is 2.26. The Morgan fingerprint density at radius 3 is 3.05 bits per heavy atom. The van der Waals surface area contributed by atoms with Crippen LogP contribution >= 0.6 is 39.0 Å². The van der Waals surface area contributed by atoms with Crippen LogP contribution in [0.3, 0.4) is 0 Å². The molecule has 5 heteroatoms. The van der Waals surface area contributed by atoms with Crippen LogP contribution in [-0.2, 0) is 18.7 Å². The van der Waals surface area contributed by atoms with Crippen LogP contribution in [0.1, 0.15) is 25.7 Å². The number of thiophene rings is 1. The predicted octanol–water partition coefficient (Wildman–Crippen LogP) is 4.23. The number of fused-ring (bicyclic) bond motifs is 1. The van der Waals surface area contributed by atoms with E-state index in [-0.39, 0.29) is 5.91 Å². The Labute approximate surface area is 135 Å². The van der Waals surface area contributed by atoms with Gasteiger partial charge < -0.3 is 5.32 Å². The molecule has 1 aliphatic heterocycles. The van der Waals surface area contributed by atoms with Gasteiger partial charge in [0.1, 0.15) is 0 Å². The zero-order chi connectivity index (χ0) is 13.9. The molecule has 0 unspecified atom stereocenters. The molecule has 0 atom stereocenters. The lowest BCUT2D eigenvalue weighted by molar-refractivity contribution is 0.0955. The number of halogens is 1. The van der Waals surface area contributed by atoms with Crippen molar-refractivity contribution in [2.45, 2.75) is 18.7 Å². The second kappa shape index (κ2) is 6.33. The minimum atomic E-state index is 0.0365. The SMILES string of the molecule is O=C(NCc1cccc(Br)c1)c1cc2c(s1)CCSC2. The van der Waals surface area contributed by atoms with Gasteiger partial charge in [-0.05, 0) is 41.5 Å². The number of hydrogen-bond acceptors (Lipinski definition) is 3. The number of thioether (sulfide) groups is 1. The van der Waals surface area contributed by atoms with Crippen molar-refractivity contribution in [1.82, 2.24) is 5.32 Å². The molecular weight excluding hydrogens is 354 g/mol. The van der Waals surface area contributed by atoms with Gasteiger partial charge in [0, 0.05) is 21.6 Å². The van der Waals surface area contributed by atoms with Crippen LogP contribution in [0.5, 0.6) is 0 Å². The molecule has 1 aromatic heterocycles. The number of aryl methyl sites for hydroxylation is 1. The fourth-order valence-corrected chi connectivity index (χ4v) is 4.91. The largest absolute Gasteiger partial charge is 0.347 e. The van der Waals surface area contributed by atoms with Gasteiger partial charge in [-0.2, -0.15) is 11.8 Å². The van der Waals surface area contributed by atoms with Gasteiger partial charge in [-0.3, -0.25) is 4.79 Å². The molecule has 1 aliphatic rings. The monoisotopic (exact) mass is 367 g/mol. The van der Waals surface area contributed by atoms with E-state index < -0.39 is 0 Å². The minimum absolute atomic E-state index is 0.0365. The van der Waals surface area contributed by atoms with E-state index in [0.717, 1.165) is 27.1 Å². The van der Waals surface area contributed by atoms with Crippen molar-refractivity contribution in [3.63, 3.8) is 0 Å². The smallest absolute Gasteiger partial charge is 0.261 e. The molecule has 0 fully saturated rings. The Hall–Kier alpha value is -0.780. The van der Waals surface area contributed by atoms with E-state index in [2.05, 4.69) is 27.3 Å². The molecule has 0 radical (unpaired) electrons. The second-order valence-corrected chi connectivity index (χ2v) is 7.83. The van der Waals surface area contributed by atoms with E-state index in [1.807, 2.05) is 36.0 Å². The highest BCUT2D eigenvalue weighted by atomic mass is 79.9. The molecule has 0 aliphatic carbocycles. The maximum Gasteiger partial charge on any atom is 0.261 e.